The van der Waals surface area contributed by atoms with Crippen LogP contribution >= 0.6 is 34.8 Å². The zero-order valence-electron chi connectivity index (χ0n) is 22.5. The van der Waals surface area contributed by atoms with Crippen molar-refractivity contribution >= 4 is 62.3 Å². The summed E-state index contributed by atoms with van der Waals surface area (Å²) in [6.07, 6.45) is 0.299. The topological polar surface area (TPSA) is 86.8 Å². The number of nitrogens with one attached hydrogen (secondary N) is 1. The van der Waals surface area contributed by atoms with Gasteiger partial charge < -0.3 is 10.2 Å². The molecule has 0 saturated carbocycles. The number of carbonyl (C=O) groups is 2. The van der Waals surface area contributed by atoms with Crippen LogP contribution < -0.4 is 9.62 Å². The zero-order valence-corrected chi connectivity index (χ0v) is 25.6. The fourth-order valence-corrected chi connectivity index (χ4v) is 6.28. The van der Waals surface area contributed by atoms with Crippen LogP contribution in [0.25, 0.3) is 0 Å². The molecule has 11 heteroatoms. The van der Waals surface area contributed by atoms with Gasteiger partial charge in [0, 0.05) is 23.1 Å². The molecule has 0 aliphatic rings. The Hall–Kier alpha value is -2.78. The lowest BCUT2D eigenvalue weighted by Crippen LogP contribution is -2.52. The zero-order chi connectivity index (χ0) is 29.4. The number of nitrogens with zero attached hydrogens (tertiary/aromatic N) is 2. The smallest absolute Gasteiger partial charge is 0.264 e. The van der Waals surface area contributed by atoms with Crippen LogP contribution in [-0.4, -0.2) is 44.3 Å². The summed E-state index contributed by atoms with van der Waals surface area (Å²) in [6.45, 7) is 5.54. The number of carbonyl (C=O) groups excluding carboxylic acids is 2. The molecule has 0 fully saturated rings. The Morgan fingerprint density at radius 3 is 2.15 bits per heavy atom. The van der Waals surface area contributed by atoms with E-state index in [1.54, 1.807) is 49.4 Å². The molecule has 1 atom stereocenters. The second-order valence-corrected chi connectivity index (χ2v) is 12.7. The van der Waals surface area contributed by atoms with E-state index in [-0.39, 0.29) is 34.0 Å². The molecule has 7 nitrogen and oxygen atoms in total. The van der Waals surface area contributed by atoms with Crippen LogP contribution in [0.1, 0.15) is 32.8 Å². The summed E-state index contributed by atoms with van der Waals surface area (Å²) in [5.41, 5.74) is 0.702. The number of anilines is 1. The van der Waals surface area contributed by atoms with Crippen LogP contribution in [-0.2, 0) is 26.2 Å². The molecule has 0 bridgehead atoms. The molecule has 0 aliphatic carbocycles. The number of benzene rings is 3. The maximum atomic E-state index is 14.1. The third kappa shape index (κ3) is 7.91. The molecule has 214 valence electrons. The molecule has 0 heterocycles. The Morgan fingerprint density at radius 1 is 0.900 bits per heavy atom. The van der Waals surface area contributed by atoms with E-state index < -0.39 is 28.5 Å². The summed E-state index contributed by atoms with van der Waals surface area (Å²) in [6, 6.07) is 18.2. The number of amides is 2. The van der Waals surface area contributed by atoms with Crippen LogP contribution in [0.15, 0.2) is 77.7 Å². The van der Waals surface area contributed by atoms with Gasteiger partial charge in [-0.15, -0.1) is 0 Å². The maximum Gasteiger partial charge on any atom is 0.264 e. The molecule has 0 aromatic heterocycles. The minimum absolute atomic E-state index is 0.000311. The average Bonchev–Trinajstić information content (AvgIpc) is 2.92. The highest BCUT2D eigenvalue weighted by molar-refractivity contribution is 7.92. The molecule has 0 aliphatic heterocycles. The van der Waals surface area contributed by atoms with Gasteiger partial charge in [0.25, 0.3) is 10.0 Å². The van der Waals surface area contributed by atoms with Gasteiger partial charge in [-0.3, -0.25) is 13.9 Å². The van der Waals surface area contributed by atoms with Crippen LogP contribution in [0.2, 0.25) is 15.1 Å². The summed E-state index contributed by atoms with van der Waals surface area (Å²) in [7, 11) is -4.24. The number of hydrogen-bond acceptors (Lipinski definition) is 4. The van der Waals surface area contributed by atoms with E-state index >= 15 is 0 Å². The fourth-order valence-electron chi connectivity index (χ4n) is 4.07. The number of rotatable bonds is 12. The van der Waals surface area contributed by atoms with Crippen LogP contribution in [0.4, 0.5) is 5.69 Å². The van der Waals surface area contributed by atoms with Crippen molar-refractivity contribution in [2.24, 2.45) is 5.92 Å². The number of hydrogen-bond donors (Lipinski definition) is 1. The van der Waals surface area contributed by atoms with Gasteiger partial charge in [0.15, 0.2) is 0 Å². The van der Waals surface area contributed by atoms with E-state index in [2.05, 4.69) is 5.32 Å². The largest absolute Gasteiger partial charge is 0.354 e. The highest BCUT2D eigenvalue weighted by atomic mass is 35.5. The first-order chi connectivity index (χ1) is 18.9. The van der Waals surface area contributed by atoms with Crippen molar-refractivity contribution in [3.05, 3.63) is 93.4 Å². The highest BCUT2D eigenvalue weighted by Crippen LogP contribution is 2.33. The molecule has 2 amide bonds. The van der Waals surface area contributed by atoms with E-state index in [1.165, 1.54) is 35.2 Å². The van der Waals surface area contributed by atoms with Gasteiger partial charge >= 0.3 is 0 Å². The van der Waals surface area contributed by atoms with Crippen molar-refractivity contribution in [1.29, 1.82) is 0 Å². The van der Waals surface area contributed by atoms with Crippen LogP contribution in [0, 0.1) is 5.92 Å². The van der Waals surface area contributed by atoms with E-state index in [9.17, 15) is 18.0 Å². The lowest BCUT2D eigenvalue weighted by Gasteiger charge is -2.33. The van der Waals surface area contributed by atoms with E-state index in [0.29, 0.717) is 28.6 Å². The molecule has 1 N–H and O–H groups in total. The van der Waals surface area contributed by atoms with Crippen LogP contribution in [0.3, 0.4) is 0 Å². The van der Waals surface area contributed by atoms with Crippen LogP contribution in [0.5, 0.6) is 0 Å². The molecule has 3 aromatic rings. The van der Waals surface area contributed by atoms with Gasteiger partial charge in [-0.25, -0.2) is 8.42 Å². The second kappa shape index (κ2) is 14.2. The molecule has 0 saturated heterocycles. The Bertz CT molecular complexity index is 1440. The van der Waals surface area contributed by atoms with Crippen molar-refractivity contribution in [3.63, 3.8) is 0 Å². The molecule has 3 aromatic carbocycles. The molecular formula is C29H32Cl3N3O4S. The predicted molar refractivity (Wildman–Crippen MR) is 161 cm³/mol. The van der Waals surface area contributed by atoms with Gasteiger partial charge in [-0.05, 0) is 54.3 Å². The summed E-state index contributed by atoms with van der Waals surface area (Å²) >= 11 is 18.9. The van der Waals surface area contributed by atoms with Gasteiger partial charge in [0.2, 0.25) is 11.8 Å². The summed E-state index contributed by atoms with van der Waals surface area (Å²) in [4.78, 5) is 28.7. The fraction of sp³-hybridized carbons (Fsp3) is 0.310. The Labute approximate surface area is 251 Å². The normalized spacial score (nSPS) is 12.2. The first kappa shape index (κ1) is 31.7. The van der Waals surface area contributed by atoms with Crippen molar-refractivity contribution in [2.45, 2.75) is 44.7 Å². The molecular weight excluding hydrogens is 593 g/mol. The number of sulfonamides is 1. The Balaban J connectivity index is 2.08. The lowest BCUT2D eigenvalue weighted by atomic mass is 10.1. The molecule has 3 rings (SSSR count). The minimum Gasteiger partial charge on any atom is -0.354 e. The summed E-state index contributed by atoms with van der Waals surface area (Å²) in [5.74, 6) is -0.733. The monoisotopic (exact) mass is 623 g/mol. The first-order valence-corrected chi connectivity index (χ1v) is 15.4. The molecule has 0 spiro atoms. The van der Waals surface area contributed by atoms with Gasteiger partial charge in [0.05, 0.1) is 15.6 Å². The van der Waals surface area contributed by atoms with Crippen molar-refractivity contribution < 1.29 is 18.0 Å². The predicted octanol–water partition coefficient (Wildman–Crippen LogP) is 6.42. The standard InChI is InChI=1S/C29H32Cl3N3O4S/c1-4-26(29(37)33-17-20(2)3)34(18-21-10-8-9-13-24(21)31)28(36)19-35(27-15-14-22(30)16-25(27)32)40(38,39)23-11-6-5-7-12-23/h5-16,20,26H,4,17-19H2,1-3H3,(H,33,37)/t26-/m0/s1. The van der Waals surface area contributed by atoms with E-state index in [0.717, 1.165) is 4.31 Å². The summed E-state index contributed by atoms with van der Waals surface area (Å²) in [5, 5.41) is 3.68. The SMILES string of the molecule is CC[C@@H](C(=O)NCC(C)C)N(Cc1ccccc1Cl)C(=O)CN(c1ccc(Cl)cc1Cl)S(=O)(=O)c1ccccc1. The van der Waals surface area contributed by atoms with Crippen molar-refractivity contribution in [2.75, 3.05) is 17.4 Å². The highest BCUT2D eigenvalue weighted by Gasteiger charge is 2.34. The third-order valence-electron chi connectivity index (χ3n) is 6.16. The molecule has 0 radical (unpaired) electrons. The van der Waals surface area contributed by atoms with Crippen molar-refractivity contribution in [1.82, 2.24) is 10.2 Å². The second-order valence-electron chi connectivity index (χ2n) is 9.60. The maximum absolute atomic E-state index is 14.1. The Morgan fingerprint density at radius 2 is 1.55 bits per heavy atom. The van der Waals surface area contributed by atoms with Gasteiger partial charge in [0.1, 0.15) is 12.6 Å². The lowest BCUT2D eigenvalue weighted by molar-refractivity contribution is -0.140. The Kier molecular flexibility index (Phi) is 11.3. The molecule has 0 unspecified atom stereocenters. The van der Waals surface area contributed by atoms with E-state index in [1.807, 2.05) is 13.8 Å². The van der Waals surface area contributed by atoms with Crippen molar-refractivity contribution in [3.8, 4) is 0 Å². The van der Waals surface area contributed by atoms with Gasteiger partial charge in [-0.2, -0.15) is 0 Å². The number of halogens is 3. The van der Waals surface area contributed by atoms with E-state index in [4.69, 9.17) is 34.8 Å². The quantitative estimate of drug-likeness (QED) is 0.252. The third-order valence-corrected chi connectivity index (χ3v) is 8.84. The minimum atomic E-state index is -4.24. The van der Waals surface area contributed by atoms with Gasteiger partial charge in [-0.1, -0.05) is 92.0 Å². The summed E-state index contributed by atoms with van der Waals surface area (Å²) < 4.78 is 28.7. The first-order valence-electron chi connectivity index (χ1n) is 12.8. The molecule has 40 heavy (non-hydrogen) atoms. The average molecular weight is 625 g/mol.